The summed E-state index contributed by atoms with van der Waals surface area (Å²) in [6.45, 7) is 6.79. The second-order valence-corrected chi connectivity index (χ2v) is 6.19. The van der Waals surface area contributed by atoms with Gasteiger partial charge < -0.3 is 25.0 Å². The minimum atomic E-state index is -0.455. The molecular formula is C18H29NO5. The first-order valence-corrected chi connectivity index (χ1v) is 8.37. The summed E-state index contributed by atoms with van der Waals surface area (Å²) in [5, 5.41) is 19.9. The van der Waals surface area contributed by atoms with E-state index in [1.165, 1.54) is 0 Å². The number of carbonyl (C=O) groups excluding carboxylic acids is 1. The lowest BCUT2D eigenvalue weighted by molar-refractivity contribution is 0.0703. The van der Waals surface area contributed by atoms with Crippen LogP contribution in [0.2, 0.25) is 0 Å². The number of rotatable bonds is 4. The summed E-state index contributed by atoms with van der Waals surface area (Å²) >= 11 is 0. The summed E-state index contributed by atoms with van der Waals surface area (Å²) in [7, 11) is 0. The average molecular weight is 339 g/mol. The predicted molar refractivity (Wildman–Crippen MR) is 92.3 cm³/mol. The normalized spacial score (nSPS) is 18.3. The quantitative estimate of drug-likeness (QED) is 0.784. The number of nitrogens with one attached hydrogen (secondary N) is 1. The van der Waals surface area contributed by atoms with E-state index >= 15 is 0 Å². The third-order valence-corrected chi connectivity index (χ3v) is 3.42. The Morgan fingerprint density at radius 2 is 1.96 bits per heavy atom. The zero-order chi connectivity index (χ0) is 17.9. The standard InChI is InChI=1S/C15H21NO4.C3H8O/c1-11(9-17)12-4-6-14(7-5-12)20-15(18)16-13-3-2-8-19-10-13;1-3(2)4/h4-7,11,13,17H,2-3,8-10H2,1H3,(H,16,18);3-4H,1-2H3. The van der Waals surface area contributed by atoms with Gasteiger partial charge in [0.15, 0.2) is 0 Å². The van der Waals surface area contributed by atoms with Crippen molar-refractivity contribution in [3.05, 3.63) is 29.8 Å². The van der Waals surface area contributed by atoms with Gasteiger partial charge in [0.1, 0.15) is 5.75 Å². The molecule has 6 heteroatoms. The maximum absolute atomic E-state index is 11.7. The molecule has 0 aliphatic carbocycles. The fourth-order valence-corrected chi connectivity index (χ4v) is 2.13. The Balaban J connectivity index is 0.000000648. The molecule has 1 aliphatic heterocycles. The zero-order valence-electron chi connectivity index (χ0n) is 14.7. The Labute approximate surface area is 143 Å². The van der Waals surface area contributed by atoms with Gasteiger partial charge in [0.2, 0.25) is 0 Å². The highest BCUT2D eigenvalue weighted by Gasteiger charge is 2.17. The van der Waals surface area contributed by atoms with E-state index in [1.807, 2.05) is 19.1 Å². The van der Waals surface area contributed by atoms with Crippen LogP contribution in [0.4, 0.5) is 4.79 Å². The van der Waals surface area contributed by atoms with Crippen LogP contribution in [0.1, 0.15) is 45.1 Å². The van der Waals surface area contributed by atoms with E-state index in [9.17, 15) is 4.79 Å². The molecule has 2 atom stereocenters. The summed E-state index contributed by atoms with van der Waals surface area (Å²) in [5.41, 5.74) is 1.01. The topological polar surface area (TPSA) is 88.0 Å². The molecule has 2 rings (SSSR count). The van der Waals surface area contributed by atoms with Crippen molar-refractivity contribution in [3.63, 3.8) is 0 Å². The number of hydrogen-bond donors (Lipinski definition) is 3. The summed E-state index contributed by atoms with van der Waals surface area (Å²) in [6, 6.07) is 7.21. The first kappa shape index (κ1) is 20.4. The Hall–Kier alpha value is -1.63. The molecule has 1 amide bonds. The molecule has 1 aliphatic rings. The highest BCUT2D eigenvalue weighted by Crippen LogP contribution is 2.19. The Bertz CT molecular complexity index is 466. The molecule has 3 N–H and O–H groups in total. The molecular weight excluding hydrogens is 310 g/mol. The summed E-state index contributed by atoms with van der Waals surface area (Å²) in [6.07, 6.45) is 1.25. The van der Waals surface area contributed by atoms with Crippen molar-refractivity contribution in [1.29, 1.82) is 0 Å². The zero-order valence-corrected chi connectivity index (χ0v) is 14.7. The highest BCUT2D eigenvalue weighted by atomic mass is 16.6. The van der Waals surface area contributed by atoms with E-state index in [4.69, 9.17) is 19.7 Å². The smallest absolute Gasteiger partial charge is 0.410 e. The van der Waals surface area contributed by atoms with Crippen molar-refractivity contribution in [2.75, 3.05) is 19.8 Å². The Morgan fingerprint density at radius 3 is 2.46 bits per heavy atom. The van der Waals surface area contributed by atoms with Crippen LogP contribution in [0.15, 0.2) is 24.3 Å². The number of benzene rings is 1. The van der Waals surface area contributed by atoms with Gasteiger partial charge in [-0.15, -0.1) is 0 Å². The molecule has 0 bridgehead atoms. The third kappa shape index (κ3) is 8.29. The second kappa shape index (κ2) is 11.0. The van der Waals surface area contributed by atoms with Gasteiger partial charge in [-0.05, 0) is 44.4 Å². The number of amides is 1. The minimum absolute atomic E-state index is 0.0323. The van der Waals surface area contributed by atoms with Gasteiger partial charge in [0.05, 0.1) is 12.6 Å². The van der Waals surface area contributed by atoms with Gasteiger partial charge in [-0.1, -0.05) is 19.1 Å². The van der Waals surface area contributed by atoms with Crippen molar-refractivity contribution in [2.45, 2.75) is 51.7 Å². The molecule has 0 saturated carbocycles. The van der Waals surface area contributed by atoms with Gasteiger partial charge in [0, 0.05) is 25.2 Å². The fourth-order valence-electron chi connectivity index (χ4n) is 2.13. The van der Waals surface area contributed by atoms with Crippen LogP contribution >= 0.6 is 0 Å². The lowest BCUT2D eigenvalue weighted by Crippen LogP contribution is -2.41. The summed E-state index contributed by atoms with van der Waals surface area (Å²) in [4.78, 5) is 11.7. The molecule has 1 aromatic rings. The van der Waals surface area contributed by atoms with Crippen LogP contribution < -0.4 is 10.1 Å². The van der Waals surface area contributed by atoms with Crippen LogP contribution in [0.3, 0.4) is 0 Å². The largest absolute Gasteiger partial charge is 0.412 e. The van der Waals surface area contributed by atoms with E-state index in [-0.39, 0.29) is 24.7 Å². The van der Waals surface area contributed by atoms with Gasteiger partial charge in [-0.3, -0.25) is 0 Å². The average Bonchev–Trinajstić information content (AvgIpc) is 2.55. The maximum atomic E-state index is 11.7. The van der Waals surface area contributed by atoms with Crippen LogP contribution in [0.25, 0.3) is 0 Å². The van der Waals surface area contributed by atoms with Crippen LogP contribution in [0.5, 0.6) is 5.75 Å². The number of aliphatic hydroxyl groups excluding tert-OH is 2. The first-order valence-electron chi connectivity index (χ1n) is 8.37. The lowest BCUT2D eigenvalue weighted by atomic mass is 10.0. The predicted octanol–water partition coefficient (Wildman–Crippen LogP) is 2.44. The lowest BCUT2D eigenvalue weighted by Gasteiger charge is -2.22. The second-order valence-electron chi connectivity index (χ2n) is 6.19. The van der Waals surface area contributed by atoms with Crippen molar-refractivity contribution in [3.8, 4) is 5.75 Å². The molecule has 1 saturated heterocycles. The van der Waals surface area contributed by atoms with Crippen molar-refractivity contribution >= 4 is 6.09 Å². The fraction of sp³-hybridized carbons (Fsp3) is 0.611. The van der Waals surface area contributed by atoms with Gasteiger partial charge >= 0.3 is 6.09 Å². The number of carbonyl (C=O) groups is 1. The van der Waals surface area contributed by atoms with Crippen LogP contribution in [-0.2, 0) is 4.74 Å². The molecule has 0 aromatic heterocycles. The van der Waals surface area contributed by atoms with E-state index in [0.717, 1.165) is 25.0 Å². The molecule has 6 nitrogen and oxygen atoms in total. The van der Waals surface area contributed by atoms with Crippen LogP contribution in [-0.4, -0.2) is 48.3 Å². The van der Waals surface area contributed by atoms with E-state index in [1.54, 1.807) is 26.0 Å². The Kier molecular flexibility index (Phi) is 9.37. The van der Waals surface area contributed by atoms with Crippen LogP contribution in [0, 0.1) is 0 Å². The molecule has 2 unspecified atom stereocenters. The van der Waals surface area contributed by atoms with Crippen molar-refractivity contribution in [1.82, 2.24) is 5.32 Å². The third-order valence-electron chi connectivity index (χ3n) is 3.42. The molecule has 1 fully saturated rings. The van der Waals surface area contributed by atoms with E-state index in [2.05, 4.69) is 5.32 Å². The minimum Gasteiger partial charge on any atom is -0.410 e. The van der Waals surface area contributed by atoms with Crippen molar-refractivity contribution < 1.29 is 24.5 Å². The summed E-state index contributed by atoms with van der Waals surface area (Å²) in [5.74, 6) is 0.574. The molecule has 1 heterocycles. The molecule has 0 spiro atoms. The van der Waals surface area contributed by atoms with E-state index < -0.39 is 6.09 Å². The van der Waals surface area contributed by atoms with Gasteiger partial charge in [-0.25, -0.2) is 4.79 Å². The first-order chi connectivity index (χ1) is 11.4. The molecule has 0 radical (unpaired) electrons. The number of ether oxygens (including phenoxy) is 2. The number of aliphatic hydroxyl groups is 2. The Morgan fingerprint density at radius 1 is 1.33 bits per heavy atom. The van der Waals surface area contributed by atoms with Crippen molar-refractivity contribution in [2.24, 2.45) is 0 Å². The maximum Gasteiger partial charge on any atom is 0.412 e. The monoisotopic (exact) mass is 339 g/mol. The molecule has 24 heavy (non-hydrogen) atoms. The van der Waals surface area contributed by atoms with Gasteiger partial charge in [-0.2, -0.15) is 0 Å². The molecule has 136 valence electrons. The SMILES string of the molecule is CC(C)O.CC(CO)c1ccc(OC(=O)NC2CCCOC2)cc1. The molecule has 1 aromatic carbocycles. The highest BCUT2D eigenvalue weighted by molar-refractivity contribution is 5.70. The van der Waals surface area contributed by atoms with Gasteiger partial charge in [0.25, 0.3) is 0 Å². The summed E-state index contributed by atoms with van der Waals surface area (Å²) < 4.78 is 10.5. The van der Waals surface area contributed by atoms with E-state index in [0.29, 0.717) is 12.4 Å². The number of hydrogen-bond acceptors (Lipinski definition) is 5.